The Hall–Kier alpha value is -0.700. The highest BCUT2D eigenvalue weighted by atomic mass is 15.0. The molecule has 0 saturated heterocycles. The molecule has 0 aliphatic rings. The molecule has 0 bridgehead atoms. The maximum absolute atomic E-state index is 6.82. The molecule has 0 aromatic rings. The van der Waals surface area contributed by atoms with E-state index >= 15 is 0 Å². The third-order valence-corrected chi connectivity index (χ3v) is 1.98. The summed E-state index contributed by atoms with van der Waals surface area (Å²) in [4.78, 5) is 0. The van der Waals surface area contributed by atoms with Gasteiger partial charge in [0, 0.05) is 12.6 Å². The van der Waals surface area contributed by atoms with Gasteiger partial charge in [-0.1, -0.05) is 31.9 Å². The van der Waals surface area contributed by atoms with Crippen molar-refractivity contribution in [2.24, 2.45) is 5.11 Å². The Labute approximate surface area is 81.1 Å². The van der Waals surface area contributed by atoms with Gasteiger partial charge in [0.15, 0.2) is 0 Å². The zero-order valence-electron chi connectivity index (χ0n) is 8.71. The van der Waals surface area contributed by atoms with E-state index in [9.17, 15) is 0 Å². The molecule has 1 atom stereocenters. The third kappa shape index (κ3) is 7.65. The lowest BCUT2D eigenvalue weighted by Crippen LogP contribution is -2.31. The van der Waals surface area contributed by atoms with Crippen LogP contribution in [0.15, 0.2) is 17.3 Å². The van der Waals surface area contributed by atoms with Gasteiger partial charge in [0.05, 0.1) is 6.54 Å². The van der Waals surface area contributed by atoms with Crippen LogP contribution in [-0.2, 0) is 0 Å². The predicted molar refractivity (Wildman–Crippen MR) is 56.1 cm³/mol. The van der Waals surface area contributed by atoms with Crippen LogP contribution in [-0.4, -0.2) is 19.1 Å². The lowest BCUT2D eigenvalue weighted by atomic mass is 10.1. The van der Waals surface area contributed by atoms with Gasteiger partial charge in [0.2, 0.25) is 0 Å². The van der Waals surface area contributed by atoms with E-state index in [0.29, 0.717) is 12.6 Å². The summed E-state index contributed by atoms with van der Waals surface area (Å²) in [6.45, 7) is 5.69. The fraction of sp³-hybridized carbons (Fsp3) is 0.800. The Bertz CT molecular complexity index is 143. The maximum Gasteiger partial charge on any atom is 0.0749 e. The van der Waals surface area contributed by atoms with Crippen molar-refractivity contribution in [1.82, 2.24) is 5.32 Å². The van der Waals surface area contributed by atoms with E-state index in [1.54, 1.807) is 0 Å². The van der Waals surface area contributed by atoms with Gasteiger partial charge < -0.3 is 5.32 Å². The molecule has 0 radical (unpaired) electrons. The molecule has 3 nitrogen and oxygen atoms in total. The highest BCUT2D eigenvalue weighted by Crippen LogP contribution is 2.00. The van der Waals surface area contributed by atoms with Crippen LogP contribution in [0.1, 0.15) is 33.1 Å². The first-order valence-corrected chi connectivity index (χ1v) is 5.02. The van der Waals surface area contributed by atoms with Gasteiger partial charge >= 0.3 is 0 Å². The van der Waals surface area contributed by atoms with E-state index in [4.69, 9.17) is 5.53 Å². The smallest absolute Gasteiger partial charge is 0.0749 e. The second-order valence-corrected chi connectivity index (χ2v) is 3.16. The van der Waals surface area contributed by atoms with Gasteiger partial charge in [-0.3, -0.25) is 0 Å². The van der Waals surface area contributed by atoms with Crippen LogP contribution in [0.4, 0.5) is 0 Å². The second-order valence-electron chi connectivity index (χ2n) is 3.16. The van der Waals surface area contributed by atoms with Crippen LogP contribution in [0, 0.1) is 5.53 Å². The number of unbranched alkanes of at least 4 members (excludes halogenated alkanes) is 1. The van der Waals surface area contributed by atoms with Crippen molar-refractivity contribution in [2.45, 2.75) is 39.2 Å². The van der Waals surface area contributed by atoms with Gasteiger partial charge in [-0.15, -0.1) is 0 Å². The first-order chi connectivity index (χ1) is 6.35. The zero-order valence-corrected chi connectivity index (χ0v) is 8.71. The van der Waals surface area contributed by atoms with Crippen LogP contribution >= 0.6 is 0 Å². The molecule has 0 aliphatic carbocycles. The van der Waals surface area contributed by atoms with Crippen molar-refractivity contribution in [3.63, 3.8) is 0 Å². The largest absolute Gasteiger partial charge is 0.309 e. The summed E-state index contributed by atoms with van der Waals surface area (Å²) in [6.07, 6.45) is 7.66. The minimum absolute atomic E-state index is 0.383. The van der Waals surface area contributed by atoms with E-state index in [-0.39, 0.29) is 0 Å². The van der Waals surface area contributed by atoms with Crippen LogP contribution < -0.4 is 5.32 Å². The van der Waals surface area contributed by atoms with Crippen LogP contribution in [0.3, 0.4) is 0 Å². The van der Waals surface area contributed by atoms with Gasteiger partial charge in [0.25, 0.3) is 0 Å². The topological polar surface area (TPSA) is 48.2 Å². The Balaban J connectivity index is 3.58. The average Bonchev–Trinajstić information content (AvgIpc) is 2.14. The monoisotopic (exact) mass is 183 g/mol. The van der Waals surface area contributed by atoms with E-state index < -0.39 is 0 Å². The minimum atomic E-state index is 0.383. The fourth-order valence-corrected chi connectivity index (χ4v) is 1.17. The van der Waals surface area contributed by atoms with Gasteiger partial charge in [0.1, 0.15) is 0 Å². The molecule has 0 aromatic carbocycles. The van der Waals surface area contributed by atoms with Crippen molar-refractivity contribution in [3.05, 3.63) is 12.2 Å². The lowest BCUT2D eigenvalue weighted by molar-refractivity contribution is 0.484. The number of rotatable bonds is 8. The van der Waals surface area contributed by atoms with E-state index in [1.807, 2.05) is 13.0 Å². The first-order valence-electron chi connectivity index (χ1n) is 5.02. The molecule has 1 unspecified atom stereocenters. The molecule has 0 spiro atoms. The minimum Gasteiger partial charge on any atom is -0.309 e. The van der Waals surface area contributed by atoms with Gasteiger partial charge in [-0.25, -0.2) is 5.53 Å². The Kier molecular flexibility index (Phi) is 8.88. The summed E-state index contributed by atoms with van der Waals surface area (Å²) >= 11 is 0. The molecular formula is C10H21N3. The number of nitrogens with zero attached hydrogens (tertiary/aromatic N) is 1. The molecule has 3 heteroatoms. The van der Waals surface area contributed by atoms with E-state index in [0.717, 1.165) is 13.0 Å². The zero-order chi connectivity index (χ0) is 9.94. The molecule has 2 N–H and O–H groups in total. The molecule has 0 rings (SSSR count). The predicted octanol–water partition coefficient (Wildman–Crippen LogP) is 2.74. The standard InChI is InChI=1S/C10H21N3/c1-3-5-7-10(9-13-11)12-8-6-4-2/h4,6,10-12H,3,5,7-9H2,1-2H3. The molecule has 0 aromatic heterocycles. The van der Waals surface area contributed by atoms with Gasteiger partial charge in [-0.2, -0.15) is 5.11 Å². The van der Waals surface area contributed by atoms with Crippen molar-refractivity contribution in [2.75, 3.05) is 13.1 Å². The number of hydrogen-bond acceptors (Lipinski definition) is 3. The SMILES string of the molecule is CC=CCNC(CCCC)CN=N. The van der Waals surface area contributed by atoms with Crippen molar-refractivity contribution in [3.8, 4) is 0 Å². The summed E-state index contributed by atoms with van der Waals surface area (Å²) < 4.78 is 0. The molecule has 76 valence electrons. The Morgan fingerprint density at radius 3 is 2.85 bits per heavy atom. The lowest BCUT2D eigenvalue weighted by Gasteiger charge is -2.13. The summed E-state index contributed by atoms with van der Waals surface area (Å²) in [5.41, 5.74) is 6.82. The molecule has 0 saturated carbocycles. The van der Waals surface area contributed by atoms with Crippen molar-refractivity contribution in [1.29, 1.82) is 5.53 Å². The molecule has 0 aliphatic heterocycles. The Morgan fingerprint density at radius 1 is 1.54 bits per heavy atom. The number of allylic oxidation sites excluding steroid dienone is 1. The van der Waals surface area contributed by atoms with E-state index in [2.05, 4.69) is 23.4 Å². The third-order valence-electron chi connectivity index (χ3n) is 1.98. The quantitative estimate of drug-likeness (QED) is 0.441. The molecule has 0 fully saturated rings. The Morgan fingerprint density at radius 2 is 2.31 bits per heavy atom. The fourth-order valence-electron chi connectivity index (χ4n) is 1.17. The van der Waals surface area contributed by atoms with E-state index in [1.165, 1.54) is 12.8 Å². The first kappa shape index (κ1) is 12.3. The molecule has 0 heterocycles. The molecule has 0 amide bonds. The highest BCUT2D eigenvalue weighted by Gasteiger charge is 2.04. The van der Waals surface area contributed by atoms with Crippen molar-refractivity contribution < 1.29 is 0 Å². The maximum atomic E-state index is 6.82. The molecule has 13 heavy (non-hydrogen) atoms. The summed E-state index contributed by atoms with van der Waals surface area (Å²) in [5.74, 6) is 0. The highest BCUT2D eigenvalue weighted by molar-refractivity contribution is 4.82. The summed E-state index contributed by atoms with van der Waals surface area (Å²) in [7, 11) is 0. The summed E-state index contributed by atoms with van der Waals surface area (Å²) in [6, 6.07) is 0.383. The summed E-state index contributed by atoms with van der Waals surface area (Å²) in [5, 5.41) is 6.79. The van der Waals surface area contributed by atoms with Gasteiger partial charge in [-0.05, 0) is 13.3 Å². The normalized spacial score (nSPS) is 13.4. The molecular weight excluding hydrogens is 162 g/mol. The second kappa shape index (κ2) is 9.39. The van der Waals surface area contributed by atoms with Crippen LogP contribution in [0.2, 0.25) is 0 Å². The van der Waals surface area contributed by atoms with Crippen LogP contribution in [0.25, 0.3) is 0 Å². The average molecular weight is 183 g/mol. The number of hydrogen-bond donors (Lipinski definition) is 2. The number of nitrogens with one attached hydrogen (secondary N) is 2. The van der Waals surface area contributed by atoms with Crippen LogP contribution in [0.5, 0.6) is 0 Å². The van der Waals surface area contributed by atoms with Crippen molar-refractivity contribution >= 4 is 0 Å².